The Morgan fingerprint density at radius 3 is 2.82 bits per heavy atom. The van der Waals surface area contributed by atoms with E-state index in [0.29, 0.717) is 53.1 Å². The van der Waals surface area contributed by atoms with Gasteiger partial charge in [0.25, 0.3) is 0 Å². The van der Waals surface area contributed by atoms with Crippen LogP contribution in [0.15, 0.2) is 33.0 Å². The fourth-order valence-electron chi connectivity index (χ4n) is 4.27. The van der Waals surface area contributed by atoms with Gasteiger partial charge >= 0.3 is 0 Å². The third-order valence-electron chi connectivity index (χ3n) is 5.84. The third-order valence-corrected chi connectivity index (χ3v) is 9.14. The van der Waals surface area contributed by atoms with E-state index in [2.05, 4.69) is 25.9 Å². The third kappa shape index (κ3) is 4.51. The molecule has 10 nitrogen and oxygen atoms in total. The number of halogens is 1. The summed E-state index contributed by atoms with van der Waals surface area (Å²) in [5.74, 6) is 1.67. The monoisotopic (exact) mass is 554 g/mol. The zero-order chi connectivity index (χ0) is 23.2. The summed E-state index contributed by atoms with van der Waals surface area (Å²) in [6.45, 7) is 1.31. The zero-order valence-electron chi connectivity index (χ0n) is 17.9. The van der Waals surface area contributed by atoms with Gasteiger partial charge in [-0.3, -0.25) is 0 Å². The van der Waals surface area contributed by atoms with Crippen LogP contribution < -0.4 is 15.2 Å². The summed E-state index contributed by atoms with van der Waals surface area (Å²) in [4.78, 5) is 14.1. The van der Waals surface area contributed by atoms with E-state index in [4.69, 9.17) is 20.2 Å². The molecule has 2 aliphatic heterocycles. The van der Waals surface area contributed by atoms with Crippen LogP contribution in [0.25, 0.3) is 11.2 Å². The molecule has 1 aromatic carbocycles. The van der Waals surface area contributed by atoms with Gasteiger partial charge in [-0.15, -0.1) is 0 Å². The van der Waals surface area contributed by atoms with E-state index in [1.165, 1.54) is 24.3 Å². The molecule has 0 radical (unpaired) electrons. The van der Waals surface area contributed by atoms with E-state index in [1.807, 2.05) is 16.7 Å². The lowest BCUT2D eigenvalue weighted by Crippen LogP contribution is -2.43. The largest absolute Gasteiger partial charge is 0.454 e. The first-order valence-electron chi connectivity index (χ1n) is 10.5. The molecule has 4 heterocycles. The van der Waals surface area contributed by atoms with Crippen molar-refractivity contribution in [2.45, 2.75) is 48.3 Å². The summed E-state index contributed by atoms with van der Waals surface area (Å²) >= 11 is 5.05. The quantitative estimate of drug-likeness (QED) is 0.488. The molecule has 2 aliphatic rings. The minimum Gasteiger partial charge on any atom is -0.454 e. The number of hydrogen-bond donors (Lipinski definition) is 1. The Balaban J connectivity index is 1.48. The van der Waals surface area contributed by atoms with Gasteiger partial charge in [-0.1, -0.05) is 18.2 Å². The highest BCUT2D eigenvalue weighted by molar-refractivity contribution is 9.10. The van der Waals surface area contributed by atoms with Crippen LogP contribution in [0.1, 0.15) is 25.7 Å². The van der Waals surface area contributed by atoms with Gasteiger partial charge in [0.1, 0.15) is 6.33 Å². The van der Waals surface area contributed by atoms with Gasteiger partial charge in [0, 0.05) is 28.5 Å². The number of ether oxygens (including phenoxy) is 2. The molecule has 33 heavy (non-hydrogen) atoms. The smallest absolute Gasteiger partial charge is 0.231 e. The van der Waals surface area contributed by atoms with E-state index in [1.54, 1.807) is 4.31 Å². The highest BCUT2D eigenvalue weighted by Gasteiger charge is 2.30. The molecule has 1 atom stereocenters. The van der Waals surface area contributed by atoms with Crippen LogP contribution >= 0.6 is 27.7 Å². The molecule has 0 aliphatic carbocycles. The number of nitrogens with zero attached hydrogens (tertiary/aromatic N) is 5. The van der Waals surface area contributed by atoms with E-state index in [0.717, 1.165) is 28.6 Å². The van der Waals surface area contributed by atoms with Crippen LogP contribution in [0.2, 0.25) is 0 Å². The molecular formula is C20H23BrN6O4S2. The number of sulfonamides is 1. The minimum atomic E-state index is -3.26. The van der Waals surface area contributed by atoms with Crippen molar-refractivity contribution in [2.75, 3.05) is 25.3 Å². The van der Waals surface area contributed by atoms with Gasteiger partial charge in [0.05, 0.1) is 6.26 Å². The molecule has 0 spiro atoms. The highest BCUT2D eigenvalue weighted by atomic mass is 79.9. The molecule has 2 N–H and O–H groups in total. The number of fused-ring (bicyclic) bond motifs is 2. The first-order valence-corrected chi connectivity index (χ1v) is 14.0. The lowest BCUT2D eigenvalue weighted by atomic mass is 10.0. The molecule has 0 amide bonds. The second-order valence-electron chi connectivity index (χ2n) is 8.03. The van der Waals surface area contributed by atoms with E-state index in [-0.39, 0.29) is 12.8 Å². The van der Waals surface area contributed by atoms with E-state index in [9.17, 15) is 8.42 Å². The Hall–Kier alpha value is -2.09. The van der Waals surface area contributed by atoms with Gasteiger partial charge < -0.3 is 19.8 Å². The minimum absolute atomic E-state index is 0.0551. The van der Waals surface area contributed by atoms with Crippen LogP contribution in [0.5, 0.6) is 11.5 Å². The average molecular weight is 555 g/mol. The predicted octanol–water partition coefficient (Wildman–Crippen LogP) is 3.26. The molecule has 3 aromatic rings. The number of anilines is 1. The van der Waals surface area contributed by atoms with E-state index >= 15 is 0 Å². The molecule has 5 rings (SSSR count). The van der Waals surface area contributed by atoms with Crippen LogP contribution in [-0.2, 0) is 16.6 Å². The maximum Gasteiger partial charge on any atom is 0.231 e. The summed E-state index contributed by atoms with van der Waals surface area (Å²) in [6.07, 6.45) is 6.10. The zero-order valence-corrected chi connectivity index (χ0v) is 21.1. The van der Waals surface area contributed by atoms with Crippen LogP contribution in [-0.4, -0.2) is 57.9 Å². The van der Waals surface area contributed by atoms with Gasteiger partial charge in [-0.25, -0.2) is 23.4 Å². The maximum absolute atomic E-state index is 12.3. The van der Waals surface area contributed by atoms with Crippen molar-refractivity contribution in [1.82, 2.24) is 23.8 Å². The fraction of sp³-hybridized carbons (Fsp3) is 0.450. The molecular weight excluding hydrogens is 532 g/mol. The SMILES string of the molecule is CS(=O)(=O)N1CCCCC1CCn1c(Sc2cc3c(cc2Br)OCO3)nc2c(N)ncnc21. The van der Waals surface area contributed by atoms with Crippen molar-refractivity contribution in [3.8, 4) is 11.5 Å². The van der Waals surface area contributed by atoms with Gasteiger partial charge in [0.2, 0.25) is 16.8 Å². The molecule has 0 saturated carbocycles. The molecule has 0 bridgehead atoms. The highest BCUT2D eigenvalue weighted by Crippen LogP contribution is 2.43. The Bertz CT molecular complexity index is 1320. The standard InChI is InChI=1S/C20H23BrN6O4S2/c1-33(28,29)27-6-3-2-4-12(27)5-7-26-19-17(18(22)23-10-24-19)25-20(26)32-16-9-15-14(8-13(16)21)30-11-31-15/h8-10,12H,2-7,11H2,1H3,(H2,22,23,24). The second kappa shape index (κ2) is 8.93. The second-order valence-corrected chi connectivity index (χ2v) is 11.8. The molecule has 1 unspecified atom stereocenters. The first kappa shape index (κ1) is 22.7. The van der Waals surface area contributed by atoms with Crippen LogP contribution in [0.4, 0.5) is 5.82 Å². The number of rotatable bonds is 6. The van der Waals surface area contributed by atoms with Crippen molar-refractivity contribution >= 4 is 54.7 Å². The number of aryl methyl sites for hydroxylation is 1. The summed E-state index contributed by atoms with van der Waals surface area (Å²) in [5.41, 5.74) is 7.24. The lowest BCUT2D eigenvalue weighted by Gasteiger charge is -2.33. The summed E-state index contributed by atoms with van der Waals surface area (Å²) in [5, 5.41) is 0.693. The number of benzene rings is 1. The van der Waals surface area contributed by atoms with Crippen molar-refractivity contribution in [3.63, 3.8) is 0 Å². The summed E-state index contributed by atoms with van der Waals surface area (Å²) < 4.78 is 40.0. The van der Waals surface area contributed by atoms with E-state index < -0.39 is 10.0 Å². The maximum atomic E-state index is 12.3. The molecule has 176 valence electrons. The van der Waals surface area contributed by atoms with Crippen LogP contribution in [0.3, 0.4) is 0 Å². The van der Waals surface area contributed by atoms with Gasteiger partial charge in [-0.05, 0) is 47.3 Å². The Labute approximate surface area is 204 Å². The number of imidazole rings is 1. The Morgan fingerprint density at radius 2 is 2.03 bits per heavy atom. The Kier molecular flexibility index (Phi) is 6.14. The molecule has 1 fully saturated rings. The first-order chi connectivity index (χ1) is 15.8. The predicted molar refractivity (Wildman–Crippen MR) is 128 cm³/mol. The average Bonchev–Trinajstić information content (AvgIpc) is 3.37. The van der Waals surface area contributed by atoms with Gasteiger partial charge in [0.15, 0.2) is 33.6 Å². The topological polar surface area (TPSA) is 125 Å². The number of nitrogen functional groups attached to an aromatic ring is 1. The number of piperidine rings is 1. The summed E-state index contributed by atoms with van der Waals surface area (Å²) in [7, 11) is -3.26. The Morgan fingerprint density at radius 1 is 1.24 bits per heavy atom. The lowest BCUT2D eigenvalue weighted by molar-refractivity contribution is 0.174. The van der Waals surface area contributed by atoms with Crippen molar-refractivity contribution in [2.24, 2.45) is 0 Å². The van der Waals surface area contributed by atoms with Crippen molar-refractivity contribution in [3.05, 3.63) is 22.9 Å². The number of hydrogen-bond acceptors (Lipinski definition) is 9. The summed E-state index contributed by atoms with van der Waals surface area (Å²) in [6, 6.07) is 3.72. The van der Waals surface area contributed by atoms with Crippen molar-refractivity contribution < 1.29 is 17.9 Å². The van der Waals surface area contributed by atoms with Crippen molar-refractivity contribution in [1.29, 1.82) is 0 Å². The normalized spacial score (nSPS) is 18.8. The van der Waals surface area contributed by atoms with Crippen LogP contribution in [0, 0.1) is 0 Å². The molecule has 13 heteroatoms. The number of nitrogens with two attached hydrogens (primary N) is 1. The molecule has 2 aromatic heterocycles. The molecule has 1 saturated heterocycles. The fourth-order valence-corrected chi connectivity index (χ4v) is 6.99. The number of aromatic nitrogens is 4. The van der Waals surface area contributed by atoms with Gasteiger partial charge in [-0.2, -0.15) is 4.31 Å².